The molecule has 0 fully saturated rings. The molecule has 1 atom stereocenters. The number of ether oxygens (including phenoxy) is 1. The average molecular weight is 223 g/mol. The fraction of sp³-hybridized carbons (Fsp3) is 1.00. The van der Waals surface area contributed by atoms with Crippen molar-refractivity contribution in [1.29, 1.82) is 0 Å². The zero-order chi connectivity index (χ0) is 9.07. The van der Waals surface area contributed by atoms with Crippen molar-refractivity contribution < 1.29 is 4.74 Å². The minimum absolute atomic E-state index is 0.0380. The second kappa shape index (κ2) is 4.46. The van der Waals surface area contributed by atoms with E-state index in [2.05, 4.69) is 50.5 Å². The van der Waals surface area contributed by atoms with Crippen molar-refractivity contribution >= 4 is 15.9 Å². The summed E-state index contributed by atoms with van der Waals surface area (Å²) in [5.41, 5.74) is -0.0380. The van der Waals surface area contributed by atoms with Gasteiger partial charge in [-0.3, -0.25) is 0 Å². The first-order valence-corrected chi connectivity index (χ1v) is 5.25. The third-order valence-electron chi connectivity index (χ3n) is 1.77. The molecule has 0 spiro atoms. The van der Waals surface area contributed by atoms with Crippen LogP contribution in [0.5, 0.6) is 0 Å². The van der Waals surface area contributed by atoms with Crippen molar-refractivity contribution in [1.82, 2.24) is 0 Å². The van der Waals surface area contributed by atoms with Crippen LogP contribution in [-0.2, 0) is 4.74 Å². The Morgan fingerprint density at radius 2 is 1.73 bits per heavy atom. The summed E-state index contributed by atoms with van der Waals surface area (Å²) in [6, 6.07) is 0. The van der Waals surface area contributed by atoms with Crippen LogP contribution >= 0.6 is 15.9 Å². The van der Waals surface area contributed by atoms with Crippen molar-refractivity contribution in [3.05, 3.63) is 0 Å². The second-order valence-electron chi connectivity index (χ2n) is 3.96. The average Bonchev–Trinajstić information content (AvgIpc) is 1.87. The number of hydrogen-bond donors (Lipinski definition) is 0. The Morgan fingerprint density at radius 3 is 2.00 bits per heavy atom. The monoisotopic (exact) mass is 222 g/mol. The minimum Gasteiger partial charge on any atom is -0.372 e. The predicted molar refractivity (Wildman–Crippen MR) is 53.3 cm³/mol. The van der Waals surface area contributed by atoms with E-state index >= 15 is 0 Å². The molecular formula is C9H19BrO. The normalized spacial score (nSPS) is 15.5. The number of alkyl halides is 1. The first-order valence-electron chi connectivity index (χ1n) is 4.13. The minimum atomic E-state index is -0.0380. The van der Waals surface area contributed by atoms with Crippen LogP contribution in [0.2, 0.25) is 0 Å². The van der Waals surface area contributed by atoms with Gasteiger partial charge in [-0.05, 0) is 26.7 Å². The molecule has 68 valence electrons. The van der Waals surface area contributed by atoms with Gasteiger partial charge in [0.05, 0.1) is 11.7 Å². The van der Waals surface area contributed by atoms with Gasteiger partial charge in [0.1, 0.15) is 0 Å². The molecule has 0 saturated carbocycles. The van der Waals surface area contributed by atoms with E-state index in [1.807, 2.05) is 0 Å². The van der Waals surface area contributed by atoms with Crippen molar-refractivity contribution in [3.8, 4) is 0 Å². The summed E-state index contributed by atoms with van der Waals surface area (Å²) in [5, 5.41) is 0.886. The Bertz CT molecular complexity index is 110. The van der Waals surface area contributed by atoms with Crippen LogP contribution < -0.4 is 0 Å². The van der Waals surface area contributed by atoms with Crippen LogP contribution in [0.25, 0.3) is 0 Å². The summed E-state index contributed by atoms with van der Waals surface area (Å²) in [5.74, 6) is 0.591. The molecule has 1 unspecified atom stereocenters. The Balaban J connectivity index is 3.83. The van der Waals surface area contributed by atoms with Crippen molar-refractivity contribution in [2.24, 2.45) is 5.92 Å². The lowest BCUT2D eigenvalue weighted by molar-refractivity contribution is -0.0662. The van der Waals surface area contributed by atoms with Crippen molar-refractivity contribution in [3.63, 3.8) is 0 Å². The Labute approximate surface area is 78.6 Å². The maximum Gasteiger partial charge on any atom is 0.0726 e. The smallest absolute Gasteiger partial charge is 0.0726 e. The molecule has 11 heavy (non-hydrogen) atoms. The highest BCUT2D eigenvalue weighted by molar-refractivity contribution is 9.09. The van der Waals surface area contributed by atoms with E-state index in [9.17, 15) is 0 Å². The molecular weight excluding hydrogens is 204 g/mol. The summed E-state index contributed by atoms with van der Waals surface area (Å²) in [7, 11) is 0. The maximum atomic E-state index is 5.80. The molecule has 0 rings (SSSR count). The van der Waals surface area contributed by atoms with E-state index in [1.54, 1.807) is 0 Å². The van der Waals surface area contributed by atoms with Crippen LogP contribution in [0.4, 0.5) is 0 Å². The summed E-state index contributed by atoms with van der Waals surface area (Å²) in [6.45, 7) is 10.7. The SMILES string of the molecule is CC(C)C(C)OC(C)(C)CBr. The van der Waals surface area contributed by atoms with E-state index < -0.39 is 0 Å². The molecule has 0 saturated heterocycles. The van der Waals surface area contributed by atoms with Crippen molar-refractivity contribution in [2.45, 2.75) is 46.3 Å². The van der Waals surface area contributed by atoms with Gasteiger partial charge in [-0.2, -0.15) is 0 Å². The Morgan fingerprint density at radius 1 is 1.27 bits per heavy atom. The standard InChI is InChI=1S/C9H19BrO/c1-7(2)8(3)11-9(4,5)6-10/h7-8H,6H2,1-5H3. The van der Waals surface area contributed by atoms with Gasteiger partial charge in [-0.15, -0.1) is 0 Å². The molecule has 0 aliphatic carbocycles. The molecule has 0 amide bonds. The van der Waals surface area contributed by atoms with Crippen LogP contribution in [0, 0.1) is 5.92 Å². The zero-order valence-corrected chi connectivity index (χ0v) is 9.73. The predicted octanol–water partition coefficient (Wildman–Crippen LogP) is 3.22. The van der Waals surface area contributed by atoms with E-state index in [0.29, 0.717) is 12.0 Å². The highest BCUT2D eigenvalue weighted by atomic mass is 79.9. The summed E-state index contributed by atoms with van der Waals surface area (Å²) >= 11 is 3.42. The Kier molecular flexibility index (Phi) is 4.64. The summed E-state index contributed by atoms with van der Waals surface area (Å²) in [6.07, 6.45) is 0.336. The van der Waals surface area contributed by atoms with Crippen LogP contribution in [0.1, 0.15) is 34.6 Å². The van der Waals surface area contributed by atoms with Gasteiger partial charge < -0.3 is 4.74 Å². The van der Waals surface area contributed by atoms with E-state index in [0.717, 1.165) is 5.33 Å². The van der Waals surface area contributed by atoms with E-state index in [4.69, 9.17) is 4.74 Å². The second-order valence-corrected chi connectivity index (χ2v) is 4.52. The quantitative estimate of drug-likeness (QED) is 0.665. The lowest BCUT2D eigenvalue weighted by Gasteiger charge is -2.29. The largest absolute Gasteiger partial charge is 0.372 e. The third-order valence-corrected chi connectivity index (χ3v) is 3.12. The summed E-state index contributed by atoms with van der Waals surface area (Å²) < 4.78 is 5.80. The molecule has 0 radical (unpaired) electrons. The van der Waals surface area contributed by atoms with Crippen molar-refractivity contribution in [2.75, 3.05) is 5.33 Å². The van der Waals surface area contributed by atoms with E-state index in [1.165, 1.54) is 0 Å². The number of rotatable bonds is 4. The lowest BCUT2D eigenvalue weighted by Crippen LogP contribution is -2.33. The van der Waals surface area contributed by atoms with E-state index in [-0.39, 0.29) is 5.60 Å². The molecule has 0 aromatic carbocycles. The Hall–Kier alpha value is 0.440. The zero-order valence-electron chi connectivity index (χ0n) is 8.15. The fourth-order valence-electron chi connectivity index (χ4n) is 0.671. The maximum absolute atomic E-state index is 5.80. The third kappa shape index (κ3) is 4.81. The number of hydrogen-bond acceptors (Lipinski definition) is 1. The molecule has 0 N–H and O–H groups in total. The fourth-order valence-corrected chi connectivity index (χ4v) is 0.803. The number of halogens is 1. The van der Waals surface area contributed by atoms with Gasteiger partial charge in [0.25, 0.3) is 0 Å². The molecule has 0 aromatic rings. The van der Waals surface area contributed by atoms with Gasteiger partial charge in [0, 0.05) is 5.33 Å². The topological polar surface area (TPSA) is 9.23 Å². The van der Waals surface area contributed by atoms with Crippen LogP contribution in [-0.4, -0.2) is 17.0 Å². The molecule has 0 aromatic heterocycles. The molecule has 0 heterocycles. The van der Waals surface area contributed by atoms with Gasteiger partial charge >= 0.3 is 0 Å². The highest BCUT2D eigenvalue weighted by Crippen LogP contribution is 2.18. The molecule has 0 bridgehead atoms. The molecule has 2 heteroatoms. The molecule has 0 aliphatic heterocycles. The molecule has 0 aliphatic rings. The first-order chi connectivity index (χ1) is 4.89. The highest BCUT2D eigenvalue weighted by Gasteiger charge is 2.21. The van der Waals surface area contributed by atoms with Gasteiger partial charge in [-0.1, -0.05) is 29.8 Å². The van der Waals surface area contributed by atoms with Gasteiger partial charge in [0.15, 0.2) is 0 Å². The lowest BCUT2D eigenvalue weighted by atomic mass is 10.1. The summed E-state index contributed by atoms with van der Waals surface area (Å²) in [4.78, 5) is 0. The molecule has 1 nitrogen and oxygen atoms in total. The first kappa shape index (κ1) is 11.4. The van der Waals surface area contributed by atoms with Crippen LogP contribution in [0.15, 0.2) is 0 Å². The van der Waals surface area contributed by atoms with Crippen LogP contribution in [0.3, 0.4) is 0 Å². The van der Waals surface area contributed by atoms with Gasteiger partial charge in [0.2, 0.25) is 0 Å². The van der Waals surface area contributed by atoms with Gasteiger partial charge in [-0.25, -0.2) is 0 Å².